The lowest BCUT2D eigenvalue weighted by Crippen LogP contribution is -2.23. The number of aryl methyl sites for hydroxylation is 1. The SMILES string of the molecule is Cc1ccc(S(=O)(=O)C2CCNC2)cc1. The minimum atomic E-state index is -3.12. The van der Waals surface area contributed by atoms with Crippen molar-refractivity contribution in [3.8, 4) is 0 Å². The first kappa shape index (κ1) is 10.6. The van der Waals surface area contributed by atoms with E-state index in [1.165, 1.54) is 0 Å². The monoisotopic (exact) mass is 225 g/mol. The molecule has 1 aliphatic rings. The van der Waals surface area contributed by atoms with Gasteiger partial charge in [-0.3, -0.25) is 0 Å². The Hall–Kier alpha value is -0.870. The lowest BCUT2D eigenvalue weighted by molar-refractivity contribution is 0.583. The highest BCUT2D eigenvalue weighted by atomic mass is 32.2. The van der Waals surface area contributed by atoms with E-state index in [-0.39, 0.29) is 5.25 Å². The molecule has 0 radical (unpaired) electrons. The minimum absolute atomic E-state index is 0.250. The Balaban J connectivity index is 2.32. The molecule has 1 N–H and O–H groups in total. The zero-order chi connectivity index (χ0) is 10.9. The smallest absolute Gasteiger partial charge is 0.182 e. The van der Waals surface area contributed by atoms with Gasteiger partial charge in [0, 0.05) is 6.54 Å². The zero-order valence-corrected chi connectivity index (χ0v) is 9.55. The summed E-state index contributed by atoms with van der Waals surface area (Å²) in [5.41, 5.74) is 1.08. The molecular formula is C11H15NO2S. The third-order valence-electron chi connectivity index (χ3n) is 2.80. The molecule has 1 atom stereocenters. The van der Waals surface area contributed by atoms with Gasteiger partial charge in [-0.2, -0.15) is 0 Å². The van der Waals surface area contributed by atoms with Crippen LogP contribution in [0.5, 0.6) is 0 Å². The standard InChI is InChI=1S/C11H15NO2S/c1-9-2-4-10(5-3-9)15(13,14)11-6-7-12-8-11/h2-5,11-12H,6-8H2,1H3. The Bertz CT molecular complexity index is 430. The summed E-state index contributed by atoms with van der Waals surface area (Å²) in [5.74, 6) is 0. The molecule has 1 unspecified atom stereocenters. The van der Waals surface area contributed by atoms with Crippen LogP contribution < -0.4 is 5.32 Å². The van der Waals surface area contributed by atoms with Crippen molar-refractivity contribution < 1.29 is 8.42 Å². The molecule has 1 saturated heterocycles. The van der Waals surface area contributed by atoms with E-state index in [0.29, 0.717) is 11.4 Å². The fraction of sp³-hybridized carbons (Fsp3) is 0.455. The predicted molar refractivity (Wildman–Crippen MR) is 59.6 cm³/mol. The van der Waals surface area contributed by atoms with E-state index in [1.807, 2.05) is 19.1 Å². The fourth-order valence-corrected chi connectivity index (χ4v) is 3.48. The van der Waals surface area contributed by atoms with Gasteiger partial charge in [0.1, 0.15) is 0 Å². The average Bonchev–Trinajstić information content (AvgIpc) is 2.71. The van der Waals surface area contributed by atoms with Gasteiger partial charge in [0.15, 0.2) is 9.84 Å². The molecule has 0 amide bonds. The number of rotatable bonds is 2. The summed E-state index contributed by atoms with van der Waals surface area (Å²) in [5, 5.41) is 2.83. The Morgan fingerprint density at radius 3 is 2.47 bits per heavy atom. The van der Waals surface area contributed by atoms with E-state index in [4.69, 9.17) is 0 Å². The summed E-state index contributed by atoms with van der Waals surface area (Å²) in [7, 11) is -3.12. The molecule has 0 aromatic heterocycles. The van der Waals surface area contributed by atoms with Gasteiger partial charge in [-0.15, -0.1) is 0 Å². The first-order valence-electron chi connectivity index (χ1n) is 5.12. The van der Waals surface area contributed by atoms with Crippen LogP contribution in [-0.2, 0) is 9.84 Å². The lowest BCUT2D eigenvalue weighted by atomic mass is 10.2. The number of hydrogen-bond acceptors (Lipinski definition) is 3. The predicted octanol–water partition coefficient (Wildman–Crippen LogP) is 1.13. The zero-order valence-electron chi connectivity index (χ0n) is 8.73. The van der Waals surface area contributed by atoms with Crippen LogP contribution in [-0.4, -0.2) is 26.8 Å². The van der Waals surface area contributed by atoms with Crippen molar-refractivity contribution in [3.63, 3.8) is 0 Å². The van der Waals surface area contributed by atoms with Crippen molar-refractivity contribution in [1.29, 1.82) is 0 Å². The highest BCUT2D eigenvalue weighted by molar-refractivity contribution is 7.92. The number of nitrogens with one attached hydrogen (secondary N) is 1. The van der Waals surface area contributed by atoms with Gasteiger partial charge < -0.3 is 5.32 Å². The topological polar surface area (TPSA) is 46.2 Å². The number of hydrogen-bond donors (Lipinski definition) is 1. The van der Waals surface area contributed by atoms with E-state index in [0.717, 1.165) is 18.5 Å². The fourth-order valence-electron chi connectivity index (χ4n) is 1.81. The summed E-state index contributed by atoms with van der Waals surface area (Å²) in [6, 6.07) is 7.08. The molecule has 2 rings (SSSR count). The molecule has 0 spiro atoms. The largest absolute Gasteiger partial charge is 0.315 e. The van der Waals surface area contributed by atoms with E-state index < -0.39 is 9.84 Å². The Morgan fingerprint density at radius 1 is 1.27 bits per heavy atom. The van der Waals surface area contributed by atoms with Gasteiger partial charge in [0.05, 0.1) is 10.1 Å². The molecule has 1 fully saturated rings. The second-order valence-electron chi connectivity index (χ2n) is 3.97. The Labute approximate surface area is 90.4 Å². The molecule has 1 aromatic rings. The van der Waals surface area contributed by atoms with Crippen LogP contribution in [0.1, 0.15) is 12.0 Å². The molecule has 0 aliphatic carbocycles. The maximum Gasteiger partial charge on any atom is 0.182 e. The number of sulfone groups is 1. The Morgan fingerprint density at radius 2 is 1.93 bits per heavy atom. The molecule has 1 aromatic carbocycles. The van der Waals surface area contributed by atoms with Crippen LogP contribution in [0.3, 0.4) is 0 Å². The van der Waals surface area contributed by atoms with Crippen LogP contribution in [0.25, 0.3) is 0 Å². The first-order valence-corrected chi connectivity index (χ1v) is 6.66. The molecule has 4 heteroatoms. The maximum atomic E-state index is 12.1. The van der Waals surface area contributed by atoms with Crippen LogP contribution in [0, 0.1) is 6.92 Å². The summed E-state index contributed by atoms with van der Waals surface area (Å²) in [4.78, 5) is 0.446. The van der Waals surface area contributed by atoms with E-state index in [1.54, 1.807) is 12.1 Å². The summed E-state index contributed by atoms with van der Waals surface area (Å²) >= 11 is 0. The van der Waals surface area contributed by atoms with Gasteiger partial charge >= 0.3 is 0 Å². The molecule has 82 valence electrons. The van der Waals surface area contributed by atoms with Gasteiger partial charge in [-0.1, -0.05) is 17.7 Å². The highest BCUT2D eigenvalue weighted by Crippen LogP contribution is 2.20. The van der Waals surface area contributed by atoms with Gasteiger partial charge in [0.25, 0.3) is 0 Å². The van der Waals surface area contributed by atoms with Crippen LogP contribution in [0.4, 0.5) is 0 Å². The quantitative estimate of drug-likeness (QED) is 0.820. The van der Waals surface area contributed by atoms with Gasteiger partial charge in [-0.05, 0) is 32.0 Å². The molecule has 15 heavy (non-hydrogen) atoms. The number of benzene rings is 1. The molecule has 0 saturated carbocycles. The summed E-state index contributed by atoms with van der Waals surface area (Å²) in [6.07, 6.45) is 0.718. The summed E-state index contributed by atoms with van der Waals surface area (Å²) in [6.45, 7) is 3.33. The van der Waals surface area contributed by atoms with E-state index in [9.17, 15) is 8.42 Å². The second-order valence-corrected chi connectivity index (χ2v) is 6.20. The third-order valence-corrected chi connectivity index (χ3v) is 5.01. The van der Waals surface area contributed by atoms with E-state index >= 15 is 0 Å². The van der Waals surface area contributed by atoms with Crippen LogP contribution >= 0.6 is 0 Å². The van der Waals surface area contributed by atoms with Crippen molar-refractivity contribution in [3.05, 3.63) is 29.8 Å². The second kappa shape index (κ2) is 3.94. The molecule has 1 aliphatic heterocycles. The van der Waals surface area contributed by atoms with Crippen molar-refractivity contribution in [2.45, 2.75) is 23.5 Å². The Kier molecular flexibility index (Phi) is 2.80. The minimum Gasteiger partial charge on any atom is -0.315 e. The van der Waals surface area contributed by atoms with Gasteiger partial charge in [-0.25, -0.2) is 8.42 Å². The molecular weight excluding hydrogens is 210 g/mol. The lowest BCUT2D eigenvalue weighted by Gasteiger charge is -2.10. The third kappa shape index (κ3) is 2.06. The van der Waals surface area contributed by atoms with Crippen LogP contribution in [0.2, 0.25) is 0 Å². The highest BCUT2D eigenvalue weighted by Gasteiger charge is 2.29. The van der Waals surface area contributed by atoms with E-state index in [2.05, 4.69) is 5.32 Å². The van der Waals surface area contributed by atoms with Crippen molar-refractivity contribution >= 4 is 9.84 Å². The summed E-state index contributed by atoms with van der Waals surface area (Å²) < 4.78 is 24.2. The normalized spacial score (nSPS) is 21.8. The maximum absolute atomic E-state index is 12.1. The van der Waals surface area contributed by atoms with Crippen molar-refractivity contribution in [2.75, 3.05) is 13.1 Å². The van der Waals surface area contributed by atoms with Crippen molar-refractivity contribution in [2.24, 2.45) is 0 Å². The average molecular weight is 225 g/mol. The molecule has 1 heterocycles. The van der Waals surface area contributed by atoms with Gasteiger partial charge in [0.2, 0.25) is 0 Å². The molecule has 0 bridgehead atoms. The van der Waals surface area contributed by atoms with Crippen molar-refractivity contribution in [1.82, 2.24) is 5.32 Å². The van der Waals surface area contributed by atoms with Crippen LogP contribution in [0.15, 0.2) is 29.2 Å². The molecule has 3 nitrogen and oxygen atoms in total. The first-order chi connectivity index (χ1) is 7.10.